The lowest BCUT2D eigenvalue weighted by atomic mass is 9.94. The molecule has 1 atom stereocenters. The van der Waals surface area contributed by atoms with Crippen LogP contribution in [-0.4, -0.2) is 51.6 Å². The number of hydrogen-bond donors (Lipinski definition) is 2. The van der Waals surface area contributed by atoms with Gasteiger partial charge in [-0.25, -0.2) is 0 Å². The molecule has 2 N–H and O–H groups in total. The van der Waals surface area contributed by atoms with E-state index in [1.165, 1.54) is 12.8 Å². The van der Waals surface area contributed by atoms with Gasteiger partial charge in [0.2, 0.25) is 5.69 Å². The highest BCUT2D eigenvalue weighted by Gasteiger charge is 2.30. The molecule has 1 aromatic rings. The Kier molecular flexibility index (Phi) is 7.14. The number of nitrogens with zero attached hydrogens (tertiary/aromatic N) is 3. The van der Waals surface area contributed by atoms with Crippen LogP contribution in [0.15, 0.2) is 0 Å². The minimum absolute atomic E-state index is 0.117. The van der Waals surface area contributed by atoms with Crippen LogP contribution in [0.25, 0.3) is 0 Å². The first-order valence-electron chi connectivity index (χ1n) is 9.59. The number of aryl methyl sites for hydroxylation is 1. The van der Waals surface area contributed by atoms with E-state index in [4.69, 9.17) is 0 Å². The molecule has 0 saturated carbocycles. The molecular weight excluding hydrogens is 334 g/mol. The van der Waals surface area contributed by atoms with Crippen molar-refractivity contribution in [2.45, 2.75) is 59.4 Å². The zero-order chi connectivity index (χ0) is 19.3. The highest BCUT2D eigenvalue weighted by atomic mass is 16.6. The summed E-state index contributed by atoms with van der Waals surface area (Å²) in [6.45, 7) is 11.0. The third kappa shape index (κ3) is 4.81. The Morgan fingerprint density at radius 3 is 2.62 bits per heavy atom. The van der Waals surface area contributed by atoms with Gasteiger partial charge < -0.3 is 5.32 Å². The molecule has 1 aliphatic rings. The van der Waals surface area contributed by atoms with Crippen LogP contribution < -0.4 is 5.32 Å². The minimum Gasteiger partial charge on any atom is -0.349 e. The van der Waals surface area contributed by atoms with Gasteiger partial charge >= 0.3 is 5.69 Å². The zero-order valence-electron chi connectivity index (χ0n) is 16.2. The van der Waals surface area contributed by atoms with Gasteiger partial charge in [-0.2, -0.15) is 5.10 Å². The second kappa shape index (κ2) is 9.12. The second-order valence-corrected chi connectivity index (χ2v) is 7.65. The fourth-order valence-corrected chi connectivity index (χ4v) is 3.58. The van der Waals surface area contributed by atoms with Gasteiger partial charge in [0.15, 0.2) is 0 Å². The predicted molar refractivity (Wildman–Crippen MR) is 100 cm³/mol. The smallest absolute Gasteiger partial charge is 0.322 e. The van der Waals surface area contributed by atoms with Gasteiger partial charge in [0.25, 0.3) is 5.91 Å². The Morgan fingerprint density at radius 2 is 2.08 bits per heavy atom. The topological polar surface area (TPSA) is 104 Å². The number of amides is 1. The maximum absolute atomic E-state index is 12.5. The summed E-state index contributed by atoms with van der Waals surface area (Å²) in [5.41, 5.74) is 0.0959. The molecule has 0 bridgehead atoms. The van der Waals surface area contributed by atoms with E-state index in [1.54, 1.807) is 0 Å². The maximum Gasteiger partial charge on any atom is 0.322 e. The molecule has 1 unspecified atom stereocenters. The molecule has 1 amide bonds. The SMILES string of the molecule is CCCc1[nH]nc(C(=O)NCC(C(C)C)N2CCC(C)CC2)c1[N+](=O)[O-]. The summed E-state index contributed by atoms with van der Waals surface area (Å²) in [4.78, 5) is 25.8. The summed E-state index contributed by atoms with van der Waals surface area (Å²) in [6.07, 6.45) is 3.58. The highest BCUT2D eigenvalue weighted by molar-refractivity contribution is 5.96. The van der Waals surface area contributed by atoms with Crippen molar-refractivity contribution in [3.8, 4) is 0 Å². The molecule has 0 aliphatic carbocycles. The third-order valence-corrected chi connectivity index (χ3v) is 5.24. The number of carbonyl (C=O) groups excluding carboxylic acids is 1. The van der Waals surface area contributed by atoms with E-state index in [1.807, 2.05) is 6.92 Å². The van der Waals surface area contributed by atoms with Crippen molar-refractivity contribution in [3.05, 3.63) is 21.5 Å². The summed E-state index contributed by atoms with van der Waals surface area (Å²) in [5.74, 6) is 0.650. The van der Waals surface area contributed by atoms with Crippen molar-refractivity contribution in [1.82, 2.24) is 20.4 Å². The van der Waals surface area contributed by atoms with Crippen LogP contribution in [0, 0.1) is 22.0 Å². The van der Waals surface area contributed by atoms with E-state index in [0.29, 0.717) is 24.6 Å². The Labute approximate surface area is 154 Å². The van der Waals surface area contributed by atoms with Crippen molar-refractivity contribution in [1.29, 1.82) is 0 Å². The molecule has 146 valence electrons. The number of nitrogens with one attached hydrogen (secondary N) is 2. The van der Waals surface area contributed by atoms with E-state index in [9.17, 15) is 14.9 Å². The van der Waals surface area contributed by atoms with Crippen LogP contribution >= 0.6 is 0 Å². The van der Waals surface area contributed by atoms with Crippen molar-refractivity contribution in [3.63, 3.8) is 0 Å². The van der Waals surface area contributed by atoms with Crippen molar-refractivity contribution in [2.75, 3.05) is 19.6 Å². The van der Waals surface area contributed by atoms with Gasteiger partial charge in [-0.15, -0.1) is 0 Å². The van der Waals surface area contributed by atoms with E-state index in [0.717, 1.165) is 25.4 Å². The summed E-state index contributed by atoms with van der Waals surface area (Å²) in [6, 6.07) is 0.222. The van der Waals surface area contributed by atoms with Crippen molar-refractivity contribution in [2.24, 2.45) is 11.8 Å². The molecule has 1 saturated heterocycles. The number of nitro groups is 1. The fourth-order valence-electron chi connectivity index (χ4n) is 3.58. The summed E-state index contributed by atoms with van der Waals surface area (Å²) in [5, 5.41) is 20.8. The molecule has 8 nitrogen and oxygen atoms in total. The van der Waals surface area contributed by atoms with E-state index < -0.39 is 10.8 Å². The Bertz CT molecular complexity index is 620. The first kappa shape index (κ1) is 20.4. The number of aromatic amines is 1. The molecule has 1 aromatic heterocycles. The number of hydrogen-bond acceptors (Lipinski definition) is 5. The monoisotopic (exact) mass is 365 g/mol. The van der Waals surface area contributed by atoms with Crippen LogP contribution in [0.1, 0.15) is 63.1 Å². The number of piperidine rings is 1. The first-order valence-corrected chi connectivity index (χ1v) is 9.59. The van der Waals surface area contributed by atoms with Crippen molar-refractivity contribution < 1.29 is 9.72 Å². The first-order chi connectivity index (χ1) is 12.3. The molecule has 26 heavy (non-hydrogen) atoms. The number of H-pyrrole nitrogens is 1. The average Bonchev–Trinajstić information content (AvgIpc) is 3.00. The molecule has 1 fully saturated rings. The largest absolute Gasteiger partial charge is 0.349 e. The number of rotatable bonds is 8. The molecule has 2 heterocycles. The highest BCUT2D eigenvalue weighted by Crippen LogP contribution is 2.23. The molecule has 0 spiro atoms. The van der Waals surface area contributed by atoms with Gasteiger partial charge in [0.05, 0.1) is 4.92 Å². The van der Waals surface area contributed by atoms with Gasteiger partial charge in [-0.05, 0) is 44.2 Å². The van der Waals surface area contributed by atoms with Gasteiger partial charge in [-0.3, -0.25) is 24.9 Å². The Hall–Kier alpha value is -1.96. The van der Waals surface area contributed by atoms with Crippen LogP contribution in [0.2, 0.25) is 0 Å². The minimum atomic E-state index is -0.518. The normalized spacial score (nSPS) is 17.4. The second-order valence-electron chi connectivity index (χ2n) is 7.65. The van der Waals surface area contributed by atoms with Crippen LogP contribution in [0.5, 0.6) is 0 Å². The molecule has 2 rings (SSSR count). The number of likely N-dealkylation sites (tertiary alicyclic amines) is 1. The standard InChI is InChI=1S/C18H31N5O3/c1-5-6-14-17(23(25)26)16(21-20-14)18(24)19-11-15(12(2)3)22-9-7-13(4)8-10-22/h12-13,15H,5-11H2,1-4H3,(H,19,24)(H,20,21). The lowest BCUT2D eigenvalue weighted by Gasteiger charge is -2.38. The van der Waals surface area contributed by atoms with Gasteiger partial charge in [0, 0.05) is 12.6 Å². The van der Waals surface area contributed by atoms with Gasteiger partial charge in [-0.1, -0.05) is 34.1 Å². The maximum atomic E-state index is 12.5. The molecule has 0 radical (unpaired) electrons. The number of aromatic nitrogens is 2. The molecular formula is C18H31N5O3. The average molecular weight is 365 g/mol. The summed E-state index contributed by atoms with van der Waals surface area (Å²) in [7, 11) is 0. The Morgan fingerprint density at radius 1 is 1.42 bits per heavy atom. The van der Waals surface area contributed by atoms with E-state index in [2.05, 4.69) is 41.2 Å². The lowest BCUT2D eigenvalue weighted by Crippen LogP contribution is -2.49. The van der Waals surface area contributed by atoms with E-state index in [-0.39, 0.29) is 17.4 Å². The van der Waals surface area contributed by atoms with Crippen LogP contribution in [0.4, 0.5) is 5.69 Å². The summed E-state index contributed by atoms with van der Waals surface area (Å²) >= 11 is 0. The van der Waals surface area contributed by atoms with Crippen LogP contribution in [-0.2, 0) is 6.42 Å². The zero-order valence-corrected chi connectivity index (χ0v) is 16.2. The lowest BCUT2D eigenvalue weighted by molar-refractivity contribution is -0.385. The van der Waals surface area contributed by atoms with Crippen LogP contribution in [0.3, 0.4) is 0 Å². The Balaban J connectivity index is 2.05. The number of carbonyl (C=O) groups is 1. The molecule has 0 aromatic carbocycles. The van der Waals surface area contributed by atoms with Gasteiger partial charge in [0.1, 0.15) is 5.69 Å². The third-order valence-electron chi connectivity index (χ3n) is 5.24. The van der Waals surface area contributed by atoms with E-state index >= 15 is 0 Å². The molecule has 1 aliphatic heterocycles. The summed E-state index contributed by atoms with van der Waals surface area (Å²) < 4.78 is 0. The molecule has 8 heteroatoms. The predicted octanol–water partition coefficient (Wildman–Crippen LogP) is 2.76. The fraction of sp³-hybridized carbons (Fsp3) is 0.778. The quantitative estimate of drug-likeness (QED) is 0.544. The van der Waals surface area contributed by atoms with Crippen molar-refractivity contribution >= 4 is 11.6 Å².